The van der Waals surface area contributed by atoms with Gasteiger partial charge in [-0.25, -0.2) is 0 Å². The lowest BCUT2D eigenvalue weighted by molar-refractivity contribution is 0.541. The third kappa shape index (κ3) is 12.6. The van der Waals surface area contributed by atoms with Crippen molar-refractivity contribution in [2.75, 3.05) is 0 Å². The molecule has 0 N–H and O–H groups in total. The number of unbranched alkanes of at least 4 members (excludes halogenated alkanes) is 14. The molecule has 1 unspecified atom stereocenters. The fraction of sp³-hybridized carbons (Fsp3) is 0.786. The van der Waals surface area contributed by atoms with Gasteiger partial charge < -0.3 is 0 Å². The molecule has 1 aromatic carbocycles. The third-order valence-electron chi connectivity index (χ3n) is 6.38. The first-order valence-corrected chi connectivity index (χ1v) is 12.9. The molecule has 0 aromatic heterocycles. The Labute approximate surface area is 177 Å². The van der Waals surface area contributed by atoms with Crippen molar-refractivity contribution in [3.63, 3.8) is 0 Å². The summed E-state index contributed by atoms with van der Waals surface area (Å²) in [5.74, 6) is 0.727. The molecular weight excluding hydrogens is 336 g/mol. The molecular formula is C28H50. The Bertz CT molecular complexity index is 447. The van der Waals surface area contributed by atoms with E-state index in [0.717, 1.165) is 5.92 Å². The number of rotatable bonds is 19. The van der Waals surface area contributed by atoms with Gasteiger partial charge in [-0.2, -0.15) is 0 Å². The highest BCUT2D eigenvalue weighted by Crippen LogP contribution is 2.27. The minimum absolute atomic E-state index is 0.727. The summed E-state index contributed by atoms with van der Waals surface area (Å²) in [6.45, 7) is 7.05. The van der Waals surface area contributed by atoms with E-state index in [9.17, 15) is 0 Å². The van der Waals surface area contributed by atoms with E-state index in [0.29, 0.717) is 0 Å². The van der Waals surface area contributed by atoms with Crippen LogP contribution in [0.5, 0.6) is 0 Å². The quantitative estimate of drug-likeness (QED) is 0.207. The van der Waals surface area contributed by atoms with Crippen molar-refractivity contribution >= 4 is 0 Å². The molecule has 0 fully saturated rings. The van der Waals surface area contributed by atoms with Gasteiger partial charge in [-0.15, -0.1) is 0 Å². The summed E-state index contributed by atoms with van der Waals surface area (Å²) >= 11 is 0. The standard InChI is InChI=1S/C28H50/c1-4-6-8-10-12-14-16-18-22-26(3)28-25-21-20-24-27(28)23-19-17-15-13-11-9-7-5-2/h20-21,24-26H,4-19,22-23H2,1-3H3. The second-order valence-corrected chi connectivity index (χ2v) is 9.09. The summed E-state index contributed by atoms with van der Waals surface area (Å²) in [6.07, 6.45) is 25.4. The van der Waals surface area contributed by atoms with Gasteiger partial charge in [-0.1, -0.05) is 141 Å². The smallest absolute Gasteiger partial charge is 0.0188 e. The molecule has 0 amide bonds. The average Bonchev–Trinajstić information content (AvgIpc) is 2.72. The molecule has 0 bridgehead atoms. The number of benzene rings is 1. The molecule has 0 spiro atoms. The lowest BCUT2D eigenvalue weighted by Gasteiger charge is -2.16. The Balaban J connectivity index is 2.19. The Morgan fingerprint density at radius 2 is 1.04 bits per heavy atom. The Kier molecular flexibility index (Phi) is 16.5. The van der Waals surface area contributed by atoms with E-state index in [1.807, 2.05) is 0 Å². The van der Waals surface area contributed by atoms with Crippen LogP contribution >= 0.6 is 0 Å². The highest BCUT2D eigenvalue weighted by molar-refractivity contribution is 5.30. The second-order valence-electron chi connectivity index (χ2n) is 9.09. The van der Waals surface area contributed by atoms with Crippen LogP contribution in [-0.4, -0.2) is 0 Å². The van der Waals surface area contributed by atoms with Crippen LogP contribution in [0, 0.1) is 0 Å². The first-order chi connectivity index (χ1) is 13.8. The van der Waals surface area contributed by atoms with E-state index >= 15 is 0 Å². The van der Waals surface area contributed by atoms with Gasteiger partial charge >= 0.3 is 0 Å². The van der Waals surface area contributed by atoms with Gasteiger partial charge in [0.05, 0.1) is 0 Å². The zero-order chi connectivity index (χ0) is 20.3. The van der Waals surface area contributed by atoms with Crippen molar-refractivity contribution < 1.29 is 0 Å². The molecule has 0 heteroatoms. The van der Waals surface area contributed by atoms with Crippen LogP contribution in [0.1, 0.15) is 147 Å². The predicted molar refractivity (Wildman–Crippen MR) is 128 cm³/mol. The molecule has 0 aliphatic rings. The van der Waals surface area contributed by atoms with E-state index in [1.54, 1.807) is 11.1 Å². The second kappa shape index (κ2) is 18.3. The molecule has 1 atom stereocenters. The largest absolute Gasteiger partial charge is 0.0654 e. The number of aryl methyl sites for hydroxylation is 1. The summed E-state index contributed by atoms with van der Waals surface area (Å²) < 4.78 is 0. The van der Waals surface area contributed by atoms with Gasteiger partial charge in [0.2, 0.25) is 0 Å². The third-order valence-corrected chi connectivity index (χ3v) is 6.38. The summed E-state index contributed by atoms with van der Waals surface area (Å²) in [6, 6.07) is 9.28. The molecule has 28 heavy (non-hydrogen) atoms. The summed E-state index contributed by atoms with van der Waals surface area (Å²) in [5.41, 5.74) is 3.26. The summed E-state index contributed by atoms with van der Waals surface area (Å²) in [5, 5.41) is 0. The van der Waals surface area contributed by atoms with E-state index in [1.165, 1.54) is 116 Å². The van der Waals surface area contributed by atoms with Crippen LogP contribution in [0.2, 0.25) is 0 Å². The summed E-state index contributed by atoms with van der Waals surface area (Å²) in [7, 11) is 0. The Morgan fingerprint density at radius 3 is 1.61 bits per heavy atom. The Hall–Kier alpha value is -0.780. The zero-order valence-electron chi connectivity index (χ0n) is 19.6. The van der Waals surface area contributed by atoms with Crippen LogP contribution in [0.15, 0.2) is 24.3 Å². The van der Waals surface area contributed by atoms with E-state index in [4.69, 9.17) is 0 Å². The predicted octanol–water partition coefficient (Wildman–Crippen LogP) is 10.0. The lowest BCUT2D eigenvalue weighted by atomic mass is 9.89. The number of hydrogen-bond donors (Lipinski definition) is 0. The van der Waals surface area contributed by atoms with Crippen molar-refractivity contribution in [3.8, 4) is 0 Å². The van der Waals surface area contributed by atoms with Crippen molar-refractivity contribution in [2.45, 2.75) is 142 Å². The molecule has 0 aliphatic carbocycles. The fourth-order valence-corrected chi connectivity index (χ4v) is 4.43. The van der Waals surface area contributed by atoms with Crippen LogP contribution in [-0.2, 0) is 6.42 Å². The SMILES string of the molecule is CCCCCCCCCCc1ccccc1C(C)CCCCCCCCCC. The maximum absolute atomic E-state index is 2.45. The van der Waals surface area contributed by atoms with E-state index < -0.39 is 0 Å². The lowest BCUT2D eigenvalue weighted by Crippen LogP contribution is -2.00. The van der Waals surface area contributed by atoms with Crippen molar-refractivity contribution in [1.82, 2.24) is 0 Å². The maximum atomic E-state index is 2.45. The van der Waals surface area contributed by atoms with Gasteiger partial charge in [-0.3, -0.25) is 0 Å². The molecule has 0 aliphatic heterocycles. The molecule has 0 saturated heterocycles. The molecule has 162 valence electrons. The van der Waals surface area contributed by atoms with Crippen molar-refractivity contribution in [1.29, 1.82) is 0 Å². The van der Waals surface area contributed by atoms with Crippen LogP contribution in [0.3, 0.4) is 0 Å². The molecule has 0 saturated carbocycles. The molecule has 0 heterocycles. The fourth-order valence-electron chi connectivity index (χ4n) is 4.43. The maximum Gasteiger partial charge on any atom is -0.0188 e. The van der Waals surface area contributed by atoms with Crippen molar-refractivity contribution in [2.24, 2.45) is 0 Å². The van der Waals surface area contributed by atoms with Gasteiger partial charge in [0.1, 0.15) is 0 Å². The monoisotopic (exact) mass is 386 g/mol. The van der Waals surface area contributed by atoms with Gasteiger partial charge in [0, 0.05) is 0 Å². The van der Waals surface area contributed by atoms with Crippen LogP contribution in [0.4, 0.5) is 0 Å². The number of hydrogen-bond acceptors (Lipinski definition) is 0. The molecule has 0 nitrogen and oxygen atoms in total. The van der Waals surface area contributed by atoms with Crippen LogP contribution in [0.25, 0.3) is 0 Å². The van der Waals surface area contributed by atoms with Gasteiger partial charge in [0.25, 0.3) is 0 Å². The summed E-state index contributed by atoms with van der Waals surface area (Å²) in [4.78, 5) is 0. The van der Waals surface area contributed by atoms with Crippen molar-refractivity contribution in [3.05, 3.63) is 35.4 Å². The first-order valence-electron chi connectivity index (χ1n) is 12.9. The highest BCUT2D eigenvalue weighted by Gasteiger charge is 2.10. The van der Waals surface area contributed by atoms with Crippen LogP contribution < -0.4 is 0 Å². The molecule has 1 rings (SSSR count). The van der Waals surface area contributed by atoms with Gasteiger partial charge in [-0.05, 0) is 36.3 Å². The zero-order valence-corrected chi connectivity index (χ0v) is 19.6. The first kappa shape index (κ1) is 25.3. The topological polar surface area (TPSA) is 0 Å². The van der Waals surface area contributed by atoms with E-state index in [2.05, 4.69) is 45.0 Å². The highest BCUT2D eigenvalue weighted by atomic mass is 14.1. The molecule has 1 aromatic rings. The molecule has 0 radical (unpaired) electrons. The minimum Gasteiger partial charge on any atom is -0.0654 e. The minimum atomic E-state index is 0.727. The normalized spacial score (nSPS) is 12.4. The van der Waals surface area contributed by atoms with Gasteiger partial charge in [0.15, 0.2) is 0 Å². The Morgan fingerprint density at radius 1 is 0.571 bits per heavy atom. The van der Waals surface area contributed by atoms with E-state index in [-0.39, 0.29) is 0 Å². The average molecular weight is 387 g/mol.